The fraction of sp³-hybridized carbons (Fsp3) is 0.435. The highest BCUT2D eigenvalue weighted by Gasteiger charge is 2.10. The van der Waals surface area contributed by atoms with Gasteiger partial charge in [-0.05, 0) is 41.2 Å². The lowest BCUT2D eigenvalue weighted by Gasteiger charge is -2.26. The molecule has 0 bridgehead atoms. The smallest absolute Gasteiger partial charge is 0.193 e. The largest absolute Gasteiger partial charge is 0.379 e. The van der Waals surface area contributed by atoms with Crippen LogP contribution in [0.25, 0.3) is 0 Å². The third kappa shape index (κ3) is 7.60. The first-order chi connectivity index (χ1) is 13.6. The van der Waals surface area contributed by atoms with E-state index in [1.807, 2.05) is 0 Å². The van der Waals surface area contributed by atoms with Gasteiger partial charge in [-0.3, -0.25) is 4.90 Å². The molecule has 1 saturated heterocycles. The van der Waals surface area contributed by atoms with E-state index >= 15 is 0 Å². The van der Waals surface area contributed by atoms with Crippen LogP contribution in [0.5, 0.6) is 0 Å². The first-order valence-electron chi connectivity index (χ1n) is 10.2. The van der Waals surface area contributed by atoms with Crippen molar-refractivity contribution in [3.63, 3.8) is 0 Å². The number of aliphatic imine (C=N–C) groups is 1. The van der Waals surface area contributed by atoms with E-state index in [4.69, 9.17) is 10.5 Å². The van der Waals surface area contributed by atoms with Gasteiger partial charge in [0.15, 0.2) is 5.96 Å². The molecule has 5 nitrogen and oxygen atoms in total. The number of nitrogens with one attached hydrogen (secondary N) is 1. The van der Waals surface area contributed by atoms with Crippen LogP contribution in [-0.2, 0) is 17.8 Å². The number of morpholine rings is 1. The molecule has 2 aromatic carbocycles. The summed E-state index contributed by atoms with van der Waals surface area (Å²) >= 11 is 0. The molecule has 158 valence electrons. The van der Waals surface area contributed by atoms with Crippen LogP contribution in [0.1, 0.15) is 42.9 Å². The van der Waals surface area contributed by atoms with Crippen LogP contribution in [0.2, 0.25) is 0 Å². The normalized spacial score (nSPS) is 16.1. The van der Waals surface area contributed by atoms with Crippen molar-refractivity contribution in [2.45, 2.75) is 39.3 Å². The predicted molar refractivity (Wildman–Crippen MR) is 132 cm³/mol. The van der Waals surface area contributed by atoms with Gasteiger partial charge >= 0.3 is 0 Å². The topological polar surface area (TPSA) is 62.9 Å². The SMILES string of the molecule is CCC(C)c1ccc(NC(N)=NCc2cccc(CN3CCOCC3)c2)cc1.I. The molecule has 3 N–H and O–H groups in total. The number of nitrogens with two attached hydrogens (primary N) is 1. The maximum Gasteiger partial charge on any atom is 0.193 e. The van der Waals surface area contributed by atoms with Gasteiger partial charge in [0.25, 0.3) is 0 Å². The maximum atomic E-state index is 6.08. The lowest BCUT2D eigenvalue weighted by atomic mass is 9.99. The third-order valence-corrected chi connectivity index (χ3v) is 5.30. The van der Waals surface area contributed by atoms with Gasteiger partial charge in [0.05, 0.1) is 19.8 Å². The molecule has 1 aliphatic heterocycles. The molecule has 3 rings (SSSR count). The predicted octanol–water partition coefficient (Wildman–Crippen LogP) is 4.58. The highest BCUT2D eigenvalue weighted by atomic mass is 127. The Morgan fingerprint density at radius 2 is 1.83 bits per heavy atom. The average Bonchev–Trinajstić information content (AvgIpc) is 2.73. The summed E-state index contributed by atoms with van der Waals surface area (Å²) in [5.41, 5.74) is 10.9. The minimum atomic E-state index is 0. The standard InChI is InChI=1S/C23H32N4O.HI/c1-3-18(2)21-7-9-22(10-8-21)26-23(24)25-16-19-5-4-6-20(15-19)17-27-11-13-28-14-12-27;/h4-10,15,18H,3,11-14,16-17H2,1-2H3,(H3,24,25,26);1H. The molecule has 1 aliphatic rings. The molecule has 0 saturated carbocycles. The number of hydrogen-bond donors (Lipinski definition) is 2. The monoisotopic (exact) mass is 508 g/mol. The van der Waals surface area contributed by atoms with Gasteiger partial charge in [-0.15, -0.1) is 24.0 Å². The second-order valence-corrected chi connectivity index (χ2v) is 7.47. The lowest BCUT2D eigenvalue weighted by Crippen LogP contribution is -2.35. The summed E-state index contributed by atoms with van der Waals surface area (Å²) in [6, 6.07) is 17.0. The van der Waals surface area contributed by atoms with Crippen molar-refractivity contribution in [3.05, 3.63) is 65.2 Å². The molecule has 1 unspecified atom stereocenters. The van der Waals surface area contributed by atoms with Crippen molar-refractivity contribution in [3.8, 4) is 0 Å². The minimum absolute atomic E-state index is 0. The summed E-state index contributed by atoms with van der Waals surface area (Å²) < 4.78 is 5.42. The molecule has 0 aromatic heterocycles. The summed E-state index contributed by atoms with van der Waals surface area (Å²) in [4.78, 5) is 6.92. The second-order valence-electron chi connectivity index (χ2n) is 7.47. The van der Waals surface area contributed by atoms with Crippen molar-refractivity contribution < 1.29 is 4.74 Å². The maximum absolute atomic E-state index is 6.08. The van der Waals surface area contributed by atoms with Gasteiger partial charge in [0.1, 0.15) is 0 Å². The summed E-state index contributed by atoms with van der Waals surface area (Å²) in [5, 5.41) is 3.18. The zero-order chi connectivity index (χ0) is 19.8. The molecule has 1 heterocycles. The van der Waals surface area contributed by atoms with Crippen LogP contribution in [0.15, 0.2) is 53.5 Å². The highest BCUT2D eigenvalue weighted by molar-refractivity contribution is 14.0. The zero-order valence-corrected chi connectivity index (χ0v) is 19.8. The van der Waals surface area contributed by atoms with E-state index in [0.29, 0.717) is 18.4 Å². The van der Waals surface area contributed by atoms with E-state index in [9.17, 15) is 0 Å². The van der Waals surface area contributed by atoms with E-state index in [2.05, 4.69) is 77.6 Å². The van der Waals surface area contributed by atoms with Gasteiger partial charge in [-0.1, -0.05) is 50.2 Å². The Bertz CT molecular complexity index is 773. The summed E-state index contributed by atoms with van der Waals surface area (Å²) in [6.07, 6.45) is 1.14. The molecule has 1 fully saturated rings. The zero-order valence-electron chi connectivity index (χ0n) is 17.4. The fourth-order valence-electron chi connectivity index (χ4n) is 3.34. The van der Waals surface area contributed by atoms with Gasteiger partial charge in [-0.25, -0.2) is 4.99 Å². The lowest BCUT2D eigenvalue weighted by molar-refractivity contribution is 0.0342. The summed E-state index contributed by atoms with van der Waals surface area (Å²) in [7, 11) is 0. The summed E-state index contributed by atoms with van der Waals surface area (Å²) in [5.74, 6) is 1.01. The Kier molecular flexibility index (Phi) is 9.90. The van der Waals surface area contributed by atoms with Gasteiger partial charge in [-0.2, -0.15) is 0 Å². The molecule has 6 heteroatoms. The Morgan fingerprint density at radius 1 is 1.14 bits per heavy atom. The molecule has 0 amide bonds. The van der Waals surface area contributed by atoms with Gasteiger partial charge in [0.2, 0.25) is 0 Å². The molecule has 0 radical (unpaired) electrons. The van der Waals surface area contributed by atoms with Crippen LogP contribution < -0.4 is 11.1 Å². The summed E-state index contributed by atoms with van der Waals surface area (Å²) in [6.45, 7) is 9.61. The quantitative estimate of drug-likeness (QED) is 0.327. The second kappa shape index (κ2) is 12.1. The number of benzene rings is 2. The van der Waals surface area contributed by atoms with E-state index < -0.39 is 0 Å². The molecular formula is C23H33IN4O. The minimum Gasteiger partial charge on any atom is -0.379 e. The van der Waals surface area contributed by atoms with E-state index in [1.54, 1.807) is 0 Å². The third-order valence-electron chi connectivity index (χ3n) is 5.30. The number of anilines is 1. The highest BCUT2D eigenvalue weighted by Crippen LogP contribution is 2.20. The van der Waals surface area contributed by atoms with Crippen molar-refractivity contribution in [2.24, 2.45) is 10.7 Å². The Labute approximate surface area is 191 Å². The molecule has 2 aromatic rings. The molecule has 0 spiro atoms. The van der Waals surface area contributed by atoms with Crippen molar-refractivity contribution >= 4 is 35.6 Å². The van der Waals surface area contributed by atoms with Crippen molar-refractivity contribution in [2.75, 3.05) is 31.6 Å². The molecular weight excluding hydrogens is 475 g/mol. The van der Waals surface area contributed by atoms with Crippen LogP contribution in [0, 0.1) is 0 Å². The number of hydrogen-bond acceptors (Lipinski definition) is 3. The van der Waals surface area contributed by atoms with E-state index in [0.717, 1.165) is 45.0 Å². The average molecular weight is 508 g/mol. The van der Waals surface area contributed by atoms with E-state index in [-0.39, 0.29) is 24.0 Å². The number of rotatable bonds is 7. The van der Waals surface area contributed by atoms with E-state index in [1.165, 1.54) is 16.7 Å². The molecule has 29 heavy (non-hydrogen) atoms. The Hall–Kier alpha value is -1.64. The van der Waals surface area contributed by atoms with Crippen LogP contribution >= 0.6 is 24.0 Å². The number of guanidine groups is 1. The number of ether oxygens (including phenoxy) is 1. The fourth-order valence-corrected chi connectivity index (χ4v) is 3.34. The van der Waals surface area contributed by atoms with Crippen LogP contribution in [0.3, 0.4) is 0 Å². The molecule has 0 aliphatic carbocycles. The van der Waals surface area contributed by atoms with Crippen molar-refractivity contribution in [1.82, 2.24) is 4.90 Å². The van der Waals surface area contributed by atoms with Crippen LogP contribution in [-0.4, -0.2) is 37.2 Å². The number of nitrogens with zero attached hydrogens (tertiary/aromatic N) is 2. The first kappa shape index (κ1) is 23.6. The first-order valence-corrected chi connectivity index (χ1v) is 10.2. The Morgan fingerprint density at radius 3 is 2.52 bits per heavy atom. The van der Waals surface area contributed by atoms with Gasteiger partial charge < -0.3 is 15.8 Å². The van der Waals surface area contributed by atoms with Crippen molar-refractivity contribution in [1.29, 1.82) is 0 Å². The Balaban J connectivity index is 0.00000300. The number of halogens is 1. The molecule has 1 atom stereocenters. The van der Waals surface area contributed by atoms with Crippen LogP contribution in [0.4, 0.5) is 5.69 Å². The van der Waals surface area contributed by atoms with Gasteiger partial charge in [0, 0.05) is 25.3 Å².